The molecule has 3 heteroatoms. The molecular formula is C12H15ClO2. The summed E-state index contributed by atoms with van der Waals surface area (Å²) in [5.74, 6) is -0.756. The molecule has 0 bridgehead atoms. The van der Waals surface area contributed by atoms with Gasteiger partial charge in [0, 0.05) is 5.02 Å². The van der Waals surface area contributed by atoms with E-state index in [1.165, 1.54) is 0 Å². The van der Waals surface area contributed by atoms with Gasteiger partial charge in [0.25, 0.3) is 0 Å². The Bertz CT molecular complexity index is 341. The number of benzene rings is 1. The van der Waals surface area contributed by atoms with E-state index in [1.807, 2.05) is 38.1 Å². The van der Waals surface area contributed by atoms with Gasteiger partial charge in [-0.2, -0.15) is 0 Å². The lowest BCUT2D eigenvalue weighted by Crippen LogP contribution is -2.19. The van der Waals surface area contributed by atoms with Crippen molar-refractivity contribution in [3.05, 3.63) is 34.9 Å². The van der Waals surface area contributed by atoms with Gasteiger partial charge in [-0.3, -0.25) is 4.79 Å². The third-order valence-corrected chi connectivity index (χ3v) is 2.48. The first-order chi connectivity index (χ1) is 6.89. The molecule has 0 aromatic heterocycles. The van der Waals surface area contributed by atoms with Crippen molar-refractivity contribution in [3.63, 3.8) is 0 Å². The zero-order valence-corrected chi connectivity index (χ0v) is 9.71. The zero-order chi connectivity index (χ0) is 11.5. The van der Waals surface area contributed by atoms with Crippen LogP contribution in [0.3, 0.4) is 0 Å². The maximum Gasteiger partial charge on any atom is 0.303 e. The Kier molecular flexibility index (Phi) is 3.75. The van der Waals surface area contributed by atoms with Crippen LogP contribution in [0.1, 0.15) is 25.8 Å². The molecule has 82 valence electrons. The van der Waals surface area contributed by atoms with Crippen molar-refractivity contribution < 1.29 is 9.90 Å². The summed E-state index contributed by atoms with van der Waals surface area (Å²) in [5, 5.41) is 9.45. The van der Waals surface area contributed by atoms with Crippen molar-refractivity contribution in [1.82, 2.24) is 0 Å². The van der Waals surface area contributed by atoms with Crippen LogP contribution in [0.5, 0.6) is 0 Å². The highest BCUT2D eigenvalue weighted by atomic mass is 35.5. The van der Waals surface area contributed by atoms with E-state index in [9.17, 15) is 4.79 Å². The van der Waals surface area contributed by atoms with E-state index in [0.717, 1.165) is 12.0 Å². The summed E-state index contributed by atoms with van der Waals surface area (Å²) < 4.78 is 0. The lowest BCUT2D eigenvalue weighted by molar-refractivity contribution is -0.139. The summed E-state index contributed by atoms with van der Waals surface area (Å²) in [6, 6.07) is 7.53. The summed E-state index contributed by atoms with van der Waals surface area (Å²) in [5.41, 5.74) is 0.894. The minimum absolute atomic E-state index is 0.176. The molecule has 0 spiro atoms. The van der Waals surface area contributed by atoms with Gasteiger partial charge in [0.2, 0.25) is 0 Å². The van der Waals surface area contributed by atoms with Crippen LogP contribution < -0.4 is 0 Å². The molecule has 0 aliphatic rings. The molecule has 0 atom stereocenters. The van der Waals surface area contributed by atoms with E-state index in [2.05, 4.69) is 0 Å². The maximum absolute atomic E-state index is 10.6. The van der Waals surface area contributed by atoms with Crippen LogP contribution in [0.2, 0.25) is 5.02 Å². The molecule has 0 radical (unpaired) electrons. The first-order valence-corrected chi connectivity index (χ1v) is 5.23. The molecule has 2 nitrogen and oxygen atoms in total. The highest BCUT2D eigenvalue weighted by Crippen LogP contribution is 2.26. The van der Waals surface area contributed by atoms with Crippen LogP contribution in [0.4, 0.5) is 0 Å². The number of hydrogen-bond acceptors (Lipinski definition) is 1. The molecule has 1 aromatic rings. The smallest absolute Gasteiger partial charge is 0.303 e. The molecule has 1 aromatic carbocycles. The van der Waals surface area contributed by atoms with Crippen molar-refractivity contribution in [2.75, 3.05) is 0 Å². The fourth-order valence-electron chi connectivity index (χ4n) is 1.63. The van der Waals surface area contributed by atoms with E-state index in [-0.39, 0.29) is 11.8 Å². The number of aliphatic carboxylic acids is 1. The van der Waals surface area contributed by atoms with Crippen molar-refractivity contribution in [3.8, 4) is 0 Å². The third kappa shape index (κ3) is 4.34. The van der Waals surface area contributed by atoms with Crippen LogP contribution in [-0.4, -0.2) is 11.1 Å². The summed E-state index contributed by atoms with van der Waals surface area (Å²) in [6.07, 6.45) is 0.923. The second-order valence-electron chi connectivity index (χ2n) is 4.54. The molecule has 0 aliphatic heterocycles. The third-order valence-electron chi connectivity index (χ3n) is 2.23. The Balaban J connectivity index is 2.68. The molecule has 15 heavy (non-hydrogen) atoms. The van der Waals surface area contributed by atoms with Gasteiger partial charge in [0.1, 0.15) is 0 Å². The van der Waals surface area contributed by atoms with Gasteiger partial charge >= 0.3 is 5.97 Å². The predicted molar refractivity (Wildman–Crippen MR) is 61.2 cm³/mol. The van der Waals surface area contributed by atoms with Crippen molar-refractivity contribution >= 4 is 17.6 Å². The largest absolute Gasteiger partial charge is 0.481 e. The van der Waals surface area contributed by atoms with Crippen LogP contribution >= 0.6 is 11.6 Å². The first kappa shape index (κ1) is 12.1. The Hall–Kier alpha value is -1.02. The molecule has 0 saturated carbocycles. The minimum atomic E-state index is -0.756. The van der Waals surface area contributed by atoms with Gasteiger partial charge in [-0.05, 0) is 29.5 Å². The number of carboxylic acid groups (broad SMARTS) is 1. The molecule has 0 unspecified atom stereocenters. The number of hydrogen-bond donors (Lipinski definition) is 1. The minimum Gasteiger partial charge on any atom is -0.481 e. The highest BCUT2D eigenvalue weighted by Gasteiger charge is 2.21. The van der Waals surface area contributed by atoms with E-state index < -0.39 is 5.97 Å². The average Bonchev–Trinajstić information content (AvgIpc) is 2.06. The molecular weight excluding hydrogens is 212 g/mol. The summed E-state index contributed by atoms with van der Waals surface area (Å²) in [6.45, 7) is 3.91. The SMILES string of the molecule is CC(C)(CC(=O)O)Cc1ccc(Cl)cc1. The molecule has 0 amide bonds. The van der Waals surface area contributed by atoms with Crippen LogP contribution in [0.15, 0.2) is 24.3 Å². The van der Waals surface area contributed by atoms with Crippen molar-refractivity contribution in [2.24, 2.45) is 5.41 Å². The predicted octanol–water partition coefficient (Wildman–Crippen LogP) is 3.38. The molecule has 0 fully saturated rings. The number of halogens is 1. The normalized spacial score (nSPS) is 11.4. The van der Waals surface area contributed by atoms with Gasteiger partial charge in [-0.15, -0.1) is 0 Å². The molecule has 0 saturated heterocycles. The summed E-state index contributed by atoms with van der Waals surface area (Å²) >= 11 is 5.77. The molecule has 1 rings (SSSR count). The lowest BCUT2D eigenvalue weighted by atomic mass is 9.83. The second kappa shape index (κ2) is 4.67. The molecule has 0 heterocycles. The topological polar surface area (TPSA) is 37.3 Å². The summed E-state index contributed by atoms with van der Waals surface area (Å²) in [7, 11) is 0. The van der Waals surface area contributed by atoms with Crippen LogP contribution in [0, 0.1) is 5.41 Å². The van der Waals surface area contributed by atoms with E-state index in [1.54, 1.807) is 0 Å². The molecule has 1 N–H and O–H groups in total. The van der Waals surface area contributed by atoms with Crippen molar-refractivity contribution in [1.29, 1.82) is 0 Å². The number of carbonyl (C=O) groups is 1. The average molecular weight is 227 g/mol. The van der Waals surface area contributed by atoms with Gasteiger partial charge in [0.05, 0.1) is 6.42 Å². The number of carboxylic acids is 1. The highest BCUT2D eigenvalue weighted by molar-refractivity contribution is 6.30. The number of rotatable bonds is 4. The fraction of sp³-hybridized carbons (Fsp3) is 0.417. The zero-order valence-electron chi connectivity index (χ0n) is 8.96. The van der Waals surface area contributed by atoms with E-state index in [0.29, 0.717) is 5.02 Å². The van der Waals surface area contributed by atoms with Gasteiger partial charge in [-0.25, -0.2) is 0 Å². The Morgan fingerprint density at radius 3 is 2.33 bits per heavy atom. The standard InChI is InChI=1S/C12H15ClO2/c1-12(2,8-11(14)15)7-9-3-5-10(13)6-4-9/h3-6H,7-8H2,1-2H3,(H,14,15). The Morgan fingerprint density at radius 1 is 1.33 bits per heavy atom. The fourth-order valence-corrected chi connectivity index (χ4v) is 1.75. The molecule has 0 aliphatic carbocycles. The maximum atomic E-state index is 10.6. The van der Waals surface area contributed by atoms with Crippen LogP contribution in [-0.2, 0) is 11.2 Å². The van der Waals surface area contributed by atoms with Gasteiger partial charge in [0.15, 0.2) is 0 Å². The van der Waals surface area contributed by atoms with E-state index in [4.69, 9.17) is 16.7 Å². The second-order valence-corrected chi connectivity index (χ2v) is 4.97. The quantitative estimate of drug-likeness (QED) is 0.855. The van der Waals surface area contributed by atoms with E-state index >= 15 is 0 Å². The van der Waals surface area contributed by atoms with Crippen LogP contribution in [0.25, 0.3) is 0 Å². The summed E-state index contributed by atoms with van der Waals surface area (Å²) in [4.78, 5) is 10.6. The van der Waals surface area contributed by atoms with Gasteiger partial charge < -0.3 is 5.11 Å². The Morgan fingerprint density at radius 2 is 1.87 bits per heavy atom. The van der Waals surface area contributed by atoms with Crippen molar-refractivity contribution in [2.45, 2.75) is 26.7 Å². The lowest BCUT2D eigenvalue weighted by Gasteiger charge is -2.22. The first-order valence-electron chi connectivity index (χ1n) is 4.85. The Labute approximate surface area is 94.9 Å². The monoisotopic (exact) mass is 226 g/mol. The van der Waals surface area contributed by atoms with Gasteiger partial charge in [-0.1, -0.05) is 37.6 Å².